The Bertz CT molecular complexity index is 2120. The number of piperidine rings is 2. The zero-order valence-electron chi connectivity index (χ0n) is 31.2. The summed E-state index contributed by atoms with van der Waals surface area (Å²) in [4.78, 5) is 58.9. The predicted octanol–water partition coefficient (Wildman–Crippen LogP) is 6.20. The highest BCUT2D eigenvalue weighted by atomic mass is 16.3. The molecule has 0 spiro atoms. The molecule has 4 amide bonds. The molecule has 1 atom stereocenters. The average Bonchev–Trinajstić information content (AvgIpc) is 3.46. The Labute approximate surface area is 322 Å². The minimum absolute atomic E-state index is 0.102. The van der Waals surface area contributed by atoms with Crippen molar-refractivity contribution in [1.82, 2.24) is 15.1 Å². The van der Waals surface area contributed by atoms with Gasteiger partial charge in [-0.25, -0.2) is 0 Å². The van der Waals surface area contributed by atoms with Gasteiger partial charge in [0.05, 0.1) is 11.1 Å². The zero-order chi connectivity index (χ0) is 38.1. The quantitative estimate of drug-likeness (QED) is 0.154. The van der Waals surface area contributed by atoms with E-state index in [1.165, 1.54) is 28.0 Å². The molecule has 4 aliphatic heterocycles. The first-order valence-corrected chi connectivity index (χ1v) is 19.5. The number of allylic oxidation sites excluding steroid dienone is 1. The molecule has 10 nitrogen and oxygen atoms in total. The van der Waals surface area contributed by atoms with Crippen molar-refractivity contribution in [2.45, 2.75) is 45.1 Å². The number of phenols is 1. The van der Waals surface area contributed by atoms with Crippen molar-refractivity contribution in [2.24, 2.45) is 5.92 Å². The van der Waals surface area contributed by atoms with Crippen molar-refractivity contribution in [3.05, 3.63) is 125 Å². The van der Waals surface area contributed by atoms with Crippen LogP contribution < -0.4 is 15.1 Å². The number of hydrogen-bond donors (Lipinski definition) is 2. The summed E-state index contributed by atoms with van der Waals surface area (Å²) in [6, 6.07) is 31.5. The van der Waals surface area contributed by atoms with E-state index in [0.29, 0.717) is 17.0 Å². The fourth-order valence-corrected chi connectivity index (χ4v) is 8.73. The van der Waals surface area contributed by atoms with Crippen LogP contribution in [0, 0.1) is 5.92 Å². The van der Waals surface area contributed by atoms with Crippen LogP contribution in [-0.4, -0.2) is 90.4 Å². The number of piperazine rings is 1. The zero-order valence-corrected chi connectivity index (χ0v) is 31.2. The maximum atomic E-state index is 13.3. The van der Waals surface area contributed by atoms with Crippen LogP contribution in [-0.2, 0) is 9.59 Å². The number of imide groups is 2. The molecule has 0 aliphatic carbocycles. The van der Waals surface area contributed by atoms with Crippen LogP contribution in [0.3, 0.4) is 0 Å². The summed E-state index contributed by atoms with van der Waals surface area (Å²) in [6.07, 6.45) is 3.41. The van der Waals surface area contributed by atoms with E-state index in [4.69, 9.17) is 0 Å². The number of amides is 4. The maximum Gasteiger partial charge on any atom is 0.262 e. The van der Waals surface area contributed by atoms with Gasteiger partial charge in [-0.05, 0) is 102 Å². The Morgan fingerprint density at radius 3 is 1.95 bits per heavy atom. The summed E-state index contributed by atoms with van der Waals surface area (Å²) >= 11 is 0. The van der Waals surface area contributed by atoms with Gasteiger partial charge in [-0.3, -0.25) is 34.3 Å². The van der Waals surface area contributed by atoms with Gasteiger partial charge in [0.2, 0.25) is 11.8 Å². The van der Waals surface area contributed by atoms with E-state index in [0.717, 1.165) is 81.2 Å². The molecule has 0 aromatic heterocycles. The molecule has 4 aromatic rings. The Morgan fingerprint density at radius 1 is 0.673 bits per heavy atom. The first-order valence-electron chi connectivity index (χ1n) is 19.5. The highest BCUT2D eigenvalue weighted by Gasteiger charge is 2.44. The third-order valence-corrected chi connectivity index (χ3v) is 11.7. The van der Waals surface area contributed by atoms with E-state index < -0.39 is 23.8 Å². The molecule has 0 bridgehead atoms. The summed E-state index contributed by atoms with van der Waals surface area (Å²) < 4.78 is 0. The third-order valence-electron chi connectivity index (χ3n) is 11.7. The normalized spacial score (nSPS) is 20.1. The number of hydrogen-bond acceptors (Lipinski definition) is 8. The lowest BCUT2D eigenvalue weighted by Gasteiger charge is -2.40. The van der Waals surface area contributed by atoms with E-state index >= 15 is 0 Å². The molecule has 4 heterocycles. The second-order valence-electron chi connectivity index (χ2n) is 15.1. The Kier molecular flexibility index (Phi) is 10.2. The van der Waals surface area contributed by atoms with Crippen LogP contribution in [0.4, 0.5) is 11.4 Å². The molecule has 8 rings (SSSR count). The smallest absolute Gasteiger partial charge is 0.262 e. The van der Waals surface area contributed by atoms with Crippen LogP contribution in [0.1, 0.15) is 76.4 Å². The van der Waals surface area contributed by atoms with Crippen molar-refractivity contribution in [2.75, 3.05) is 55.6 Å². The summed E-state index contributed by atoms with van der Waals surface area (Å²) in [5, 5.41) is 12.2. The number of carbonyl (C=O) groups excluding carboxylic acids is 4. The number of rotatable bonds is 9. The molecular formula is C45H47N5O5. The number of nitrogens with zero attached hydrogens (tertiary/aromatic N) is 4. The molecule has 0 radical (unpaired) electrons. The Balaban J connectivity index is 0.860. The fraction of sp³-hybridized carbons (Fsp3) is 0.333. The minimum Gasteiger partial charge on any atom is -0.508 e. The number of carbonyl (C=O) groups is 4. The van der Waals surface area contributed by atoms with Gasteiger partial charge in [0, 0.05) is 63.6 Å². The first kappa shape index (κ1) is 36.2. The van der Waals surface area contributed by atoms with Crippen molar-refractivity contribution >= 4 is 46.1 Å². The molecule has 3 saturated heterocycles. The molecule has 3 fully saturated rings. The summed E-state index contributed by atoms with van der Waals surface area (Å²) in [5.41, 5.74) is 8.70. The first-order chi connectivity index (χ1) is 26.8. The standard InChI is InChI=1S/C45H47N5O5/c1-2-37(31-6-4-3-5-7-31)42(33-10-15-36(51)16-11-33)32-8-12-34(13-9-32)48-22-20-30(21-23-48)29-47-24-26-49(27-25-47)35-14-17-38-39(28-35)45(55)50(44(38)54)40-18-19-41(52)46-43(40)53/h3-17,28,30,40,51H,2,18-27,29H2,1H3,(H,46,52,53). The molecule has 1 unspecified atom stereocenters. The lowest BCUT2D eigenvalue weighted by molar-refractivity contribution is -0.136. The highest BCUT2D eigenvalue weighted by Crippen LogP contribution is 2.37. The second-order valence-corrected chi connectivity index (χ2v) is 15.1. The molecule has 10 heteroatoms. The van der Waals surface area contributed by atoms with Gasteiger partial charge >= 0.3 is 0 Å². The van der Waals surface area contributed by atoms with Gasteiger partial charge in [0.25, 0.3) is 11.8 Å². The van der Waals surface area contributed by atoms with Gasteiger partial charge in [-0.2, -0.15) is 0 Å². The van der Waals surface area contributed by atoms with Gasteiger partial charge in [0.15, 0.2) is 0 Å². The Morgan fingerprint density at radius 2 is 1.29 bits per heavy atom. The average molecular weight is 738 g/mol. The Hall–Kier alpha value is -5.74. The van der Waals surface area contributed by atoms with E-state index in [9.17, 15) is 24.3 Å². The van der Waals surface area contributed by atoms with Crippen molar-refractivity contribution in [1.29, 1.82) is 0 Å². The predicted molar refractivity (Wildman–Crippen MR) is 214 cm³/mol. The SMILES string of the molecule is CCC(=C(c1ccc(O)cc1)c1ccc(N2CCC(CN3CCN(c4ccc5c(c4)C(=O)N(C4CCC(=O)NC4=O)C5=O)CC3)CC2)cc1)c1ccccc1. The molecule has 282 valence electrons. The van der Waals surface area contributed by atoms with E-state index in [-0.39, 0.29) is 24.5 Å². The van der Waals surface area contributed by atoms with Crippen molar-refractivity contribution in [3.63, 3.8) is 0 Å². The van der Waals surface area contributed by atoms with Gasteiger partial charge in [-0.1, -0.05) is 61.5 Å². The largest absolute Gasteiger partial charge is 0.508 e. The van der Waals surface area contributed by atoms with Crippen molar-refractivity contribution < 1.29 is 24.3 Å². The maximum absolute atomic E-state index is 13.3. The van der Waals surface area contributed by atoms with Crippen molar-refractivity contribution in [3.8, 4) is 5.75 Å². The van der Waals surface area contributed by atoms with E-state index in [1.807, 2.05) is 24.3 Å². The second kappa shape index (κ2) is 15.5. The molecular weight excluding hydrogens is 691 g/mol. The number of nitrogens with one attached hydrogen (secondary N) is 1. The van der Waals surface area contributed by atoms with Crippen LogP contribution in [0.5, 0.6) is 5.75 Å². The van der Waals surface area contributed by atoms with Crippen LogP contribution in [0.2, 0.25) is 0 Å². The lowest BCUT2D eigenvalue weighted by atomic mass is 9.88. The molecule has 55 heavy (non-hydrogen) atoms. The summed E-state index contributed by atoms with van der Waals surface area (Å²) in [5.74, 6) is -1.03. The molecule has 0 saturated carbocycles. The molecule has 4 aliphatic rings. The number of phenolic OH excluding ortho intramolecular Hbond substituents is 1. The highest BCUT2D eigenvalue weighted by molar-refractivity contribution is 6.23. The van der Waals surface area contributed by atoms with Gasteiger partial charge in [0.1, 0.15) is 11.8 Å². The molecule has 4 aromatic carbocycles. The van der Waals surface area contributed by atoms with Crippen LogP contribution in [0.15, 0.2) is 97.1 Å². The number of fused-ring (bicyclic) bond motifs is 1. The summed E-state index contributed by atoms with van der Waals surface area (Å²) in [6.45, 7) is 8.81. The van der Waals surface area contributed by atoms with E-state index in [1.54, 1.807) is 24.3 Å². The third kappa shape index (κ3) is 7.38. The number of aromatic hydroxyl groups is 1. The minimum atomic E-state index is -0.961. The van der Waals surface area contributed by atoms with E-state index in [2.05, 4.69) is 75.5 Å². The lowest BCUT2D eigenvalue weighted by Crippen LogP contribution is -2.54. The fourth-order valence-electron chi connectivity index (χ4n) is 8.73. The monoisotopic (exact) mass is 737 g/mol. The van der Waals surface area contributed by atoms with Crippen LogP contribution >= 0.6 is 0 Å². The van der Waals surface area contributed by atoms with Gasteiger partial charge < -0.3 is 14.9 Å². The topological polar surface area (TPSA) is 114 Å². The van der Waals surface area contributed by atoms with Crippen LogP contribution in [0.25, 0.3) is 11.1 Å². The summed E-state index contributed by atoms with van der Waals surface area (Å²) in [7, 11) is 0. The van der Waals surface area contributed by atoms with Gasteiger partial charge in [-0.15, -0.1) is 0 Å². The number of benzene rings is 4. The number of anilines is 2. The molecule has 2 N–H and O–H groups in total.